The number of hydrogen-bond acceptors (Lipinski definition) is 3. The van der Waals surface area contributed by atoms with Gasteiger partial charge in [0.1, 0.15) is 17.1 Å². The van der Waals surface area contributed by atoms with Gasteiger partial charge in [0.25, 0.3) is 5.56 Å². The average molecular weight is 339 g/mol. The summed E-state index contributed by atoms with van der Waals surface area (Å²) in [4.78, 5) is 26.0. The maximum atomic E-state index is 13.2. The molecule has 0 amide bonds. The number of pyridine rings is 1. The van der Waals surface area contributed by atoms with E-state index >= 15 is 0 Å². The lowest BCUT2D eigenvalue weighted by atomic mass is 9.97. The van der Waals surface area contributed by atoms with Crippen LogP contribution in [0.25, 0.3) is 22.4 Å². The fourth-order valence-electron chi connectivity index (χ4n) is 2.53. The number of aromatic carboxylic acids is 1. The Balaban J connectivity index is 2.25. The van der Waals surface area contributed by atoms with Crippen LogP contribution in [0.3, 0.4) is 0 Å². The Morgan fingerprint density at radius 1 is 1.04 bits per heavy atom. The lowest BCUT2D eigenvalue weighted by Crippen LogP contribution is -2.18. The number of nitrogens with one attached hydrogen (secondary N) is 1. The number of carboxylic acid groups (broad SMARTS) is 1. The van der Waals surface area contributed by atoms with Crippen LogP contribution in [0, 0.1) is 5.82 Å². The third kappa shape index (κ3) is 3.28. The van der Waals surface area contributed by atoms with Gasteiger partial charge in [0.05, 0.1) is 12.8 Å². The number of methoxy groups -OCH3 is 1. The summed E-state index contributed by atoms with van der Waals surface area (Å²) in [6, 6.07) is 13.9. The average Bonchev–Trinajstić information content (AvgIpc) is 2.62. The van der Waals surface area contributed by atoms with Gasteiger partial charge in [0.2, 0.25) is 0 Å². The number of aromatic amines is 1. The van der Waals surface area contributed by atoms with E-state index in [2.05, 4.69) is 4.98 Å². The first-order valence-corrected chi connectivity index (χ1v) is 7.40. The Kier molecular flexibility index (Phi) is 4.35. The lowest BCUT2D eigenvalue weighted by molar-refractivity contribution is 0.0695. The van der Waals surface area contributed by atoms with Crippen LogP contribution in [0.15, 0.2) is 59.4 Å². The fraction of sp³-hybridized carbons (Fsp3) is 0.0526. The highest BCUT2D eigenvalue weighted by Gasteiger charge is 2.16. The molecule has 0 bridgehead atoms. The standard InChI is InChI=1S/C19H14FNO4/c1-25-14-8-4-12(5-9-14)17-15(11-2-6-13(20)7-3-11)10-16(19(23)24)18(22)21-17/h2-10H,1H3,(H,21,22)(H,23,24). The van der Waals surface area contributed by atoms with E-state index in [0.717, 1.165) is 0 Å². The first-order chi connectivity index (χ1) is 12.0. The topological polar surface area (TPSA) is 79.4 Å². The van der Waals surface area contributed by atoms with Crippen LogP contribution in [-0.4, -0.2) is 23.2 Å². The fourth-order valence-corrected chi connectivity index (χ4v) is 2.53. The number of aromatic nitrogens is 1. The zero-order valence-electron chi connectivity index (χ0n) is 13.2. The van der Waals surface area contributed by atoms with E-state index < -0.39 is 17.3 Å². The minimum Gasteiger partial charge on any atom is -0.497 e. The molecule has 6 heteroatoms. The molecule has 0 saturated heterocycles. The van der Waals surface area contributed by atoms with Crippen LogP contribution in [0.4, 0.5) is 4.39 Å². The van der Waals surface area contributed by atoms with Crippen molar-refractivity contribution in [3.05, 3.63) is 76.3 Å². The summed E-state index contributed by atoms with van der Waals surface area (Å²) in [7, 11) is 1.54. The van der Waals surface area contributed by atoms with Crippen LogP contribution in [0.1, 0.15) is 10.4 Å². The second kappa shape index (κ2) is 6.60. The van der Waals surface area contributed by atoms with Crippen molar-refractivity contribution in [1.29, 1.82) is 0 Å². The molecule has 2 N–H and O–H groups in total. The van der Waals surface area contributed by atoms with Crippen molar-refractivity contribution in [2.45, 2.75) is 0 Å². The van der Waals surface area contributed by atoms with Crippen molar-refractivity contribution >= 4 is 5.97 Å². The summed E-state index contributed by atoms with van der Waals surface area (Å²) in [5.74, 6) is -1.08. The molecular formula is C19H14FNO4. The molecule has 0 saturated carbocycles. The van der Waals surface area contributed by atoms with Gasteiger partial charge in [-0.15, -0.1) is 0 Å². The maximum absolute atomic E-state index is 13.2. The number of rotatable bonds is 4. The number of ether oxygens (including phenoxy) is 1. The maximum Gasteiger partial charge on any atom is 0.341 e. The molecule has 0 aliphatic carbocycles. The zero-order chi connectivity index (χ0) is 18.0. The Labute approximate surface area is 142 Å². The molecule has 5 nitrogen and oxygen atoms in total. The van der Waals surface area contributed by atoms with Crippen molar-refractivity contribution < 1.29 is 19.0 Å². The second-order valence-electron chi connectivity index (χ2n) is 5.34. The summed E-state index contributed by atoms with van der Waals surface area (Å²) < 4.78 is 18.3. The van der Waals surface area contributed by atoms with Crippen LogP contribution >= 0.6 is 0 Å². The van der Waals surface area contributed by atoms with Crippen molar-refractivity contribution in [2.75, 3.05) is 7.11 Å². The third-order valence-corrected chi connectivity index (χ3v) is 3.81. The monoisotopic (exact) mass is 339 g/mol. The normalized spacial score (nSPS) is 10.5. The van der Waals surface area contributed by atoms with E-state index in [1.54, 1.807) is 31.4 Å². The smallest absolute Gasteiger partial charge is 0.341 e. The first-order valence-electron chi connectivity index (χ1n) is 7.40. The predicted octanol–water partition coefficient (Wildman–Crippen LogP) is 3.55. The third-order valence-electron chi connectivity index (χ3n) is 3.81. The Hall–Kier alpha value is -3.41. The van der Waals surface area contributed by atoms with Gasteiger partial charge in [-0.25, -0.2) is 9.18 Å². The second-order valence-corrected chi connectivity index (χ2v) is 5.34. The number of benzene rings is 2. The van der Waals surface area contributed by atoms with Crippen LogP contribution in [0.2, 0.25) is 0 Å². The Bertz CT molecular complexity index is 976. The van der Waals surface area contributed by atoms with E-state index in [-0.39, 0.29) is 5.56 Å². The minimum atomic E-state index is -1.33. The van der Waals surface area contributed by atoms with Gasteiger partial charge in [-0.05, 0) is 53.6 Å². The zero-order valence-corrected chi connectivity index (χ0v) is 13.2. The first kappa shape index (κ1) is 16.4. The van der Waals surface area contributed by atoms with Gasteiger partial charge in [-0.1, -0.05) is 12.1 Å². The molecule has 2 aromatic carbocycles. The highest BCUT2D eigenvalue weighted by molar-refractivity contribution is 5.91. The number of H-pyrrole nitrogens is 1. The highest BCUT2D eigenvalue weighted by Crippen LogP contribution is 2.31. The van der Waals surface area contributed by atoms with E-state index in [9.17, 15) is 19.1 Å². The quantitative estimate of drug-likeness (QED) is 0.762. The predicted molar refractivity (Wildman–Crippen MR) is 91.4 cm³/mol. The van der Waals surface area contributed by atoms with E-state index in [1.165, 1.54) is 30.3 Å². The molecule has 0 aliphatic rings. The summed E-state index contributed by atoms with van der Waals surface area (Å²) in [6.45, 7) is 0. The van der Waals surface area contributed by atoms with Crippen LogP contribution < -0.4 is 10.3 Å². The van der Waals surface area contributed by atoms with Crippen LogP contribution in [-0.2, 0) is 0 Å². The molecule has 25 heavy (non-hydrogen) atoms. The SMILES string of the molecule is COc1ccc(-c2[nH]c(=O)c(C(=O)O)cc2-c2ccc(F)cc2)cc1. The number of hydrogen-bond donors (Lipinski definition) is 2. The van der Waals surface area contributed by atoms with Gasteiger partial charge >= 0.3 is 5.97 Å². The molecule has 0 atom stereocenters. The number of halogens is 1. The molecule has 126 valence electrons. The highest BCUT2D eigenvalue weighted by atomic mass is 19.1. The van der Waals surface area contributed by atoms with E-state index in [1.807, 2.05) is 0 Å². The molecule has 3 aromatic rings. The van der Waals surface area contributed by atoms with Gasteiger partial charge in [-0.2, -0.15) is 0 Å². The van der Waals surface area contributed by atoms with E-state index in [4.69, 9.17) is 4.74 Å². The number of carboxylic acids is 1. The van der Waals surface area contributed by atoms with Crippen molar-refractivity contribution in [1.82, 2.24) is 4.98 Å². The van der Waals surface area contributed by atoms with Crippen molar-refractivity contribution in [3.8, 4) is 28.1 Å². The molecule has 1 aromatic heterocycles. The molecule has 0 fully saturated rings. The molecular weight excluding hydrogens is 325 g/mol. The Morgan fingerprint density at radius 2 is 1.64 bits per heavy atom. The van der Waals surface area contributed by atoms with Gasteiger partial charge in [-0.3, -0.25) is 4.79 Å². The minimum absolute atomic E-state index is 0.378. The Morgan fingerprint density at radius 3 is 2.20 bits per heavy atom. The summed E-state index contributed by atoms with van der Waals surface area (Å²) >= 11 is 0. The van der Waals surface area contributed by atoms with E-state index in [0.29, 0.717) is 28.1 Å². The van der Waals surface area contributed by atoms with Gasteiger partial charge in [0.15, 0.2) is 0 Å². The van der Waals surface area contributed by atoms with Crippen molar-refractivity contribution in [2.24, 2.45) is 0 Å². The molecule has 0 radical (unpaired) electrons. The summed E-state index contributed by atoms with van der Waals surface area (Å²) in [5, 5.41) is 9.21. The number of carbonyl (C=O) groups is 1. The summed E-state index contributed by atoms with van der Waals surface area (Å²) in [6.07, 6.45) is 0. The molecule has 0 spiro atoms. The van der Waals surface area contributed by atoms with Crippen LogP contribution in [0.5, 0.6) is 5.75 Å². The lowest BCUT2D eigenvalue weighted by Gasteiger charge is -2.12. The molecule has 0 aliphatic heterocycles. The molecule has 3 rings (SSSR count). The van der Waals surface area contributed by atoms with Gasteiger partial charge in [0, 0.05) is 5.56 Å². The largest absolute Gasteiger partial charge is 0.497 e. The summed E-state index contributed by atoms with van der Waals surface area (Å²) in [5.41, 5.74) is 1.12. The molecule has 0 unspecified atom stereocenters. The molecule has 1 heterocycles. The van der Waals surface area contributed by atoms with Crippen molar-refractivity contribution in [3.63, 3.8) is 0 Å². The van der Waals surface area contributed by atoms with Gasteiger partial charge < -0.3 is 14.8 Å².